The maximum Gasteiger partial charge on any atom is 0.131 e. The Morgan fingerprint density at radius 3 is 2.52 bits per heavy atom. The number of nitrogens with two attached hydrogens (primary N) is 1. The van der Waals surface area contributed by atoms with E-state index in [-0.39, 0.29) is 6.04 Å². The highest BCUT2D eigenvalue weighted by Gasteiger charge is 2.11. The average Bonchev–Trinajstić information content (AvgIpc) is 2.43. The second-order valence-electron chi connectivity index (χ2n) is 5.49. The van der Waals surface area contributed by atoms with Crippen LogP contribution in [-0.2, 0) is 15.9 Å². The van der Waals surface area contributed by atoms with Crippen LogP contribution >= 0.6 is 0 Å². The molecule has 21 heavy (non-hydrogen) atoms. The molecule has 0 aliphatic carbocycles. The smallest absolute Gasteiger partial charge is 0.131 e. The van der Waals surface area contributed by atoms with E-state index in [0.29, 0.717) is 6.61 Å². The first-order valence-corrected chi connectivity index (χ1v) is 7.52. The molecule has 1 rings (SSSR count). The summed E-state index contributed by atoms with van der Waals surface area (Å²) in [5.74, 6) is 1.02. The zero-order valence-electron chi connectivity index (χ0n) is 13.8. The van der Waals surface area contributed by atoms with E-state index < -0.39 is 0 Å². The van der Waals surface area contributed by atoms with Crippen LogP contribution in [0.4, 0.5) is 5.82 Å². The standard InChI is InChI=1S/C16H29N3O2/c1-13-10-15(11-14(2)17)12-18-16(13)19(7-9-21-4)6-5-8-20-3/h10,12,14H,5-9,11,17H2,1-4H3. The first-order chi connectivity index (χ1) is 10.1. The molecule has 5 nitrogen and oxygen atoms in total. The summed E-state index contributed by atoms with van der Waals surface area (Å²) in [5, 5.41) is 0. The van der Waals surface area contributed by atoms with Crippen molar-refractivity contribution in [2.45, 2.75) is 32.7 Å². The minimum atomic E-state index is 0.156. The Balaban J connectivity index is 2.79. The van der Waals surface area contributed by atoms with Crippen LogP contribution in [0, 0.1) is 6.92 Å². The van der Waals surface area contributed by atoms with Gasteiger partial charge in [0.15, 0.2) is 0 Å². The Labute approximate surface area is 128 Å². The van der Waals surface area contributed by atoms with Crippen molar-refractivity contribution in [3.8, 4) is 0 Å². The van der Waals surface area contributed by atoms with Gasteiger partial charge in [-0.15, -0.1) is 0 Å². The summed E-state index contributed by atoms with van der Waals surface area (Å²) in [5.41, 5.74) is 8.22. The molecule has 0 radical (unpaired) electrons. The average molecular weight is 295 g/mol. The predicted molar refractivity (Wildman–Crippen MR) is 86.9 cm³/mol. The van der Waals surface area contributed by atoms with Gasteiger partial charge >= 0.3 is 0 Å². The molecule has 5 heteroatoms. The molecule has 1 aromatic rings. The van der Waals surface area contributed by atoms with E-state index >= 15 is 0 Å². The molecule has 0 bridgehead atoms. The third kappa shape index (κ3) is 6.42. The fourth-order valence-corrected chi connectivity index (χ4v) is 2.37. The molecule has 1 aromatic heterocycles. The van der Waals surface area contributed by atoms with E-state index in [0.717, 1.165) is 38.4 Å². The van der Waals surface area contributed by atoms with E-state index in [9.17, 15) is 0 Å². The first kappa shape index (κ1) is 17.9. The Bertz CT molecular complexity index is 411. The summed E-state index contributed by atoms with van der Waals surface area (Å²) in [4.78, 5) is 6.89. The highest BCUT2D eigenvalue weighted by atomic mass is 16.5. The van der Waals surface area contributed by atoms with Gasteiger partial charge in [0.05, 0.1) is 6.61 Å². The maximum atomic E-state index is 5.85. The second kappa shape index (κ2) is 9.71. The van der Waals surface area contributed by atoms with E-state index in [1.807, 2.05) is 13.1 Å². The topological polar surface area (TPSA) is 60.6 Å². The molecule has 0 saturated carbocycles. The molecule has 0 amide bonds. The van der Waals surface area contributed by atoms with Gasteiger partial charge in [0, 0.05) is 46.2 Å². The third-order valence-corrected chi connectivity index (χ3v) is 3.31. The van der Waals surface area contributed by atoms with Gasteiger partial charge in [0.2, 0.25) is 0 Å². The summed E-state index contributed by atoms with van der Waals surface area (Å²) in [6.07, 6.45) is 3.76. The monoisotopic (exact) mass is 295 g/mol. The normalized spacial score (nSPS) is 12.4. The molecule has 0 saturated heterocycles. The summed E-state index contributed by atoms with van der Waals surface area (Å²) in [7, 11) is 3.45. The molecule has 0 aliphatic heterocycles. The van der Waals surface area contributed by atoms with Crippen LogP contribution in [0.1, 0.15) is 24.5 Å². The van der Waals surface area contributed by atoms with E-state index in [2.05, 4.69) is 22.9 Å². The van der Waals surface area contributed by atoms with Gasteiger partial charge in [-0.25, -0.2) is 4.98 Å². The Kier molecular flexibility index (Phi) is 8.27. The van der Waals surface area contributed by atoms with Gasteiger partial charge in [-0.2, -0.15) is 0 Å². The Morgan fingerprint density at radius 1 is 1.24 bits per heavy atom. The van der Waals surface area contributed by atoms with Crippen LogP contribution in [0.5, 0.6) is 0 Å². The molecule has 0 aliphatic rings. The highest BCUT2D eigenvalue weighted by Crippen LogP contribution is 2.19. The van der Waals surface area contributed by atoms with Crippen molar-refractivity contribution in [2.24, 2.45) is 5.73 Å². The summed E-state index contributed by atoms with van der Waals surface area (Å²) in [6, 6.07) is 2.34. The van der Waals surface area contributed by atoms with Crippen LogP contribution < -0.4 is 10.6 Å². The zero-order chi connectivity index (χ0) is 15.7. The summed E-state index contributed by atoms with van der Waals surface area (Å²) in [6.45, 7) is 7.31. The Morgan fingerprint density at radius 2 is 1.95 bits per heavy atom. The number of anilines is 1. The van der Waals surface area contributed by atoms with Crippen LogP contribution in [0.2, 0.25) is 0 Å². The lowest BCUT2D eigenvalue weighted by atomic mass is 10.1. The molecule has 120 valence electrons. The number of hydrogen-bond donors (Lipinski definition) is 1. The van der Waals surface area contributed by atoms with Gasteiger partial charge in [-0.05, 0) is 37.8 Å². The van der Waals surface area contributed by atoms with Crippen molar-refractivity contribution in [3.63, 3.8) is 0 Å². The zero-order valence-corrected chi connectivity index (χ0v) is 13.8. The largest absolute Gasteiger partial charge is 0.385 e. The van der Waals surface area contributed by atoms with Gasteiger partial charge in [-0.3, -0.25) is 0 Å². The van der Waals surface area contributed by atoms with Gasteiger partial charge in [0.1, 0.15) is 5.82 Å². The van der Waals surface area contributed by atoms with E-state index in [4.69, 9.17) is 15.2 Å². The molecule has 0 aromatic carbocycles. The molecule has 0 fully saturated rings. The van der Waals surface area contributed by atoms with Gasteiger partial charge < -0.3 is 20.1 Å². The number of nitrogens with zero attached hydrogens (tertiary/aromatic N) is 2. The highest BCUT2D eigenvalue weighted by molar-refractivity contribution is 5.47. The van der Waals surface area contributed by atoms with Crippen molar-refractivity contribution >= 4 is 5.82 Å². The minimum absolute atomic E-state index is 0.156. The number of rotatable bonds is 10. The van der Waals surface area contributed by atoms with Gasteiger partial charge in [-0.1, -0.05) is 6.07 Å². The van der Waals surface area contributed by atoms with Crippen LogP contribution in [0.25, 0.3) is 0 Å². The number of ether oxygens (including phenoxy) is 2. The lowest BCUT2D eigenvalue weighted by molar-refractivity contribution is 0.191. The lowest BCUT2D eigenvalue weighted by Crippen LogP contribution is -2.30. The van der Waals surface area contributed by atoms with Crippen molar-refractivity contribution in [1.29, 1.82) is 0 Å². The molecule has 2 N–H and O–H groups in total. The first-order valence-electron chi connectivity index (χ1n) is 7.52. The number of pyridine rings is 1. The molecule has 1 heterocycles. The Hall–Kier alpha value is -1.17. The molecule has 1 atom stereocenters. The second-order valence-corrected chi connectivity index (χ2v) is 5.49. The van der Waals surface area contributed by atoms with Crippen LogP contribution in [-0.4, -0.2) is 51.5 Å². The lowest BCUT2D eigenvalue weighted by Gasteiger charge is -2.25. The maximum absolute atomic E-state index is 5.85. The quantitative estimate of drug-likeness (QED) is 0.667. The number of aromatic nitrogens is 1. The van der Waals surface area contributed by atoms with Crippen LogP contribution in [0.15, 0.2) is 12.3 Å². The van der Waals surface area contributed by atoms with Crippen molar-refractivity contribution in [1.82, 2.24) is 4.98 Å². The number of aryl methyl sites for hydroxylation is 1. The fourth-order valence-electron chi connectivity index (χ4n) is 2.37. The fraction of sp³-hybridized carbons (Fsp3) is 0.688. The van der Waals surface area contributed by atoms with Crippen LogP contribution in [0.3, 0.4) is 0 Å². The third-order valence-electron chi connectivity index (χ3n) is 3.31. The minimum Gasteiger partial charge on any atom is -0.385 e. The SMILES string of the molecule is COCCCN(CCOC)c1ncc(CC(C)N)cc1C. The molecule has 1 unspecified atom stereocenters. The molecule has 0 spiro atoms. The number of hydrogen-bond acceptors (Lipinski definition) is 5. The van der Waals surface area contributed by atoms with Crippen molar-refractivity contribution in [2.75, 3.05) is 45.4 Å². The predicted octanol–water partition coefficient (Wildman–Crippen LogP) is 1.77. The van der Waals surface area contributed by atoms with Crippen molar-refractivity contribution < 1.29 is 9.47 Å². The van der Waals surface area contributed by atoms with E-state index in [1.165, 1.54) is 11.1 Å². The summed E-state index contributed by atoms with van der Waals surface area (Å²) < 4.78 is 10.3. The van der Waals surface area contributed by atoms with E-state index in [1.54, 1.807) is 14.2 Å². The molecular formula is C16H29N3O2. The number of methoxy groups -OCH3 is 2. The van der Waals surface area contributed by atoms with Crippen molar-refractivity contribution in [3.05, 3.63) is 23.4 Å². The summed E-state index contributed by atoms with van der Waals surface area (Å²) >= 11 is 0. The van der Waals surface area contributed by atoms with Gasteiger partial charge in [0.25, 0.3) is 0 Å². The molecular weight excluding hydrogens is 266 g/mol.